The van der Waals surface area contributed by atoms with Crippen LogP contribution in [0.3, 0.4) is 0 Å². The Labute approximate surface area is 533 Å². The fraction of sp³-hybridized carbons (Fsp3) is 0.120. The molecule has 0 aliphatic carbocycles. The number of rotatable bonds is 12. The predicted octanol–water partition coefficient (Wildman–Crippen LogP) is 15.2. The van der Waals surface area contributed by atoms with Gasteiger partial charge in [0, 0.05) is 52.6 Å². The van der Waals surface area contributed by atoms with Crippen molar-refractivity contribution in [1.82, 2.24) is 14.1 Å². The number of aromatic nitrogens is 4. The molecule has 13 aromatic rings. The number of fused-ring (bicyclic) bond motifs is 4. The molecule has 0 radical (unpaired) electrons. The summed E-state index contributed by atoms with van der Waals surface area (Å²) in [5.41, 5.74) is 0.404. The monoisotopic (exact) mass is 1280 g/mol. The minimum Gasteiger partial charge on any atom is -0.510 e. The molecule has 0 atom stereocenters. The van der Waals surface area contributed by atoms with Gasteiger partial charge < -0.3 is 13.9 Å². The summed E-state index contributed by atoms with van der Waals surface area (Å²) >= 11 is 0. The minimum absolute atomic E-state index is 0. The van der Waals surface area contributed by atoms with Gasteiger partial charge in [0.1, 0.15) is 5.82 Å². The molecule has 7 heteroatoms. The van der Waals surface area contributed by atoms with Crippen LogP contribution >= 0.6 is 0 Å². The molecule has 0 spiro atoms. The molecule has 5 nitrogen and oxygen atoms in total. The number of pyridine rings is 1. The Balaban J connectivity index is 0.0000109. The summed E-state index contributed by atoms with van der Waals surface area (Å²) in [5, 5.41) is -2.35. The summed E-state index contributed by atoms with van der Waals surface area (Å²) in [6.45, 7) is 10.7. The Morgan fingerprint density at radius 2 is 1.17 bits per heavy atom. The number of para-hydroxylation sites is 4. The number of hydrogen-bond acceptors (Lipinski definition) is 2. The first-order chi connectivity index (χ1) is 50.2. The van der Waals surface area contributed by atoms with Gasteiger partial charge in [0.15, 0.2) is 8.07 Å². The Bertz CT molecular complexity index is 5740. The summed E-state index contributed by atoms with van der Waals surface area (Å²) in [5.74, 6) is 0.579. The molecule has 404 valence electrons. The molecule has 0 aliphatic rings. The molecule has 10 aromatic carbocycles. The Kier molecular flexibility index (Phi) is 8.45. The van der Waals surface area contributed by atoms with Gasteiger partial charge in [0.05, 0.1) is 49.6 Å². The maximum Gasteiger partial charge on any atom is 0.268 e. The third kappa shape index (κ3) is 9.95. The summed E-state index contributed by atoms with van der Waals surface area (Å²) in [6.07, 6.45) is 2.61. The van der Waals surface area contributed by atoms with Crippen LogP contribution in [0.1, 0.15) is 88.3 Å². The zero-order chi connectivity index (χ0) is 78.0. The zero-order valence-electron chi connectivity index (χ0n) is 70.9. The van der Waals surface area contributed by atoms with Crippen molar-refractivity contribution in [1.29, 1.82) is 0 Å². The largest absolute Gasteiger partial charge is 0.510 e. The van der Waals surface area contributed by atoms with E-state index in [2.05, 4.69) is 18.5 Å². The van der Waals surface area contributed by atoms with Crippen molar-refractivity contribution in [3.05, 3.63) is 284 Å². The third-order valence-electron chi connectivity index (χ3n) is 13.7. The van der Waals surface area contributed by atoms with Gasteiger partial charge in [0.25, 0.3) is 6.33 Å². The first-order valence-electron chi connectivity index (χ1n) is 38.8. The van der Waals surface area contributed by atoms with E-state index in [9.17, 15) is 16.4 Å². The van der Waals surface area contributed by atoms with Gasteiger partial charge in [-0.15, -0.1) is 29.7 Å². The van der Waals surface area contributed by atoms with E-state index in [1.165, 1.54) is 18.3 Å². The van der Waals surface area contributed by atoms with E-state index in [1.54, 1.807) is 95.1 Å². The summed E-state index contributed by atoms with van der Waals surface area (Å²) in [4.78, 5) is 4.84. The van der Waals surface area contributed by atoms with Crippen molar-refractivity contribution in [2.75, 3.05) is 0 Å². The molecular formula is C75H62N4OPtSi-2. The Hall–Kier alpha value is -8.67. The summed E-state index contributed by atoms with van der Waals surface area (Å²) in [7, 11) is -6.22. The average Bonchev–Trinajstić information content (AvgIpc) is 0.870. The van der Waals surface area contributed by atoms with Crippen LogP contribution in [0.4, 0.5) is 0 Å². The molecule has 3 aromatic heterocycles. The normalized spacial score (nSPS) is 16.6. The SMILES string of the molecule is [2H]c1c([2H])c([2H])c(-c2cnc(-n3c4[c-]c(Oc5[c-]c(-n6[c-][n+](-c7c(-c8c([2H])c([2H])c([2H])c([Si](c9c([2H])c([2H])c([2H])c([2H])c9[2H])(c9c([2H])c([2H])c([2H])c([2H])c9[2H])c9c([2H])c([2H])c([2H])c([2H])c9[2H])c8[2H])cccc7C(C)(C)C)c7ccccc76)ccc5)ccc4c4ccccc43)cc2C([2H])([2H])C(C)(C)C)c([2H])c1[2H].[Pt]. The van der Waals surface area contributed by atoms with Gasteiger partial charge >= 0.3 is 0 Å². The van der Waals surface area contributed by atoms with Crippen molar-refractivity contribution in [3.8, 4) is 50.9 Å². The van der Waals surface area contributed by atoms with Crippen LogP contribution in [0.2, 0.25) is 0 Å². The fourth-order valence-electron chi connectivity index (χ4n) is 10.3. The smallest absolute Gasteiger partial charge is 0.268 e. The maximum atomic E-state index is 10.7. The van der Waals surface area contributed by atoms with Crippen molar-refractivity contribution in [2.24, 2.45) is 5.41 Å². The predicted molar refractivity (Wildman–Crippen MR) is 336 cm³/mol. The van der Waals surface area contributed by atoms with Gasteiger partial charge in [-0.05, 0) is 89.0 Å². The molecular weight excluding hydrogens is 1200 g/mol. The van der Waals surface area contributed by atoms with Gasteiger partial charge in [-0.2, -0.15) is 18.2 Å². The summed E-state index contributed by atoms with van der Waals surface area (Å²) < 4.78 is 253. The molecule has 0 saturated heterocycles. The van der Waals surface area contributed by atoms with Gasteiger partial charge in [-0.25, -0.2) is 4.98 Å². The van der Waals surface area contributed by atoms with E-state index in [-0.39, 0.29) is 66.3 Å². The molecule has 0 aliphatic heterocycles. The van der Waals surface area contributed by atoms with Crippen LogP contribution in [0.5, 0.6) is 11.5 Å². The van der Waals surface area contributed by atoms with Crippen LogP contribution in [0.15, 0.2) is 254 Å². The van der Waals surface area contributed by atoms with Crippen LogP contribution < -0.4 is 30.1 Å². The number of imidazole rings is 1. The van der Waals surface area contributed by atoms with E-state index in [4.69, 9.17) is 28.9 Å². The number of benzene rings is 10. The van der Waals surface area contributed by atoms with E-state index in [0.29, 0.717) is 38.7 Å². The Morgan fingerprint density at radius 3 is 1.84 bits per heavy atom. The maximum absolute atomic E-state index is 10.7. The molecule has 13 rings (SSSR count). The van der Waals surface area contributed by atoms with Crippen LogP contribution in [0.25, 0.3) is 72.3 Å². The van der Waals surface area contributed by atoms with Crippen molar-refractivity contribution in [3.63, 3.8) is 0 Å². The second-order valence-electron chi connectivity index (χ2n) is 21.1. The van der Waals surface area contributed by atoms with Crippen LogP contribution in [0, 0.1) is 23.9 Å². The number of nitrogens with zero attached hydrogens (tertiary/aromatic N) is 4. The van der Waals surface area contributed by atoms with E-state index < -0.39 is 197 Å². The molecule has 0 amide bonds. The second kappa shape index (κ2) is 22.0. The van der Waals surface area contributed by atoms with Crippen molar-refractivity contribution < 1.29 is 66.0 Å². The van der Waals surface area contributed by atoms with E-state index >= 15 is 0 Å². The topological polar surface area (TPSA) is 35.9 Å². The number of hydrogen-bond donors (Lipinski definition) is 0. The molecule has 0 bridgehead atoms. The fourth-order valence-corrected chi connectivity index (χ4v) is 13.9. The average molecular weight is 1280 g/mol. The zero-order valence-corrected chi connectivity index (χ0v) is 48.2. The molecule has 82 heavy (non-hydrogen) atoms. The first kappa shape index (κ1) is 31.5. The first-order valence-corrected chi connectivity index (χ1v) is 27.8. The molecule has 0 fully saturated rings. The van der Waals surface area contributed by atoms with Crippen LogP contribution in [-0.4, -0.2) is 22.2 Å². The van der Waals surface area contributed by atoms with Gasteiger partial charge in [0.2, 0.25) is 0 Å². The second-order valence-corrected chi connectivity index (χ2v) is 24.6. The molecule has 0 saturated carbocycles. The molecule has 3 heterocycles. The van der Waals surface area contributed by atoms with Gasteiger partial charge in [-0.3, -0.25) is 4.57 Å². The molecule has 0 unspecified atom stereocenters. The minimum atomic E-state index is -6.22. The quantitative estimate of drug-likeness (QED) is 0.0529. The van der Waals surface area contributed by atoms with E-state index in [0.717, 1.165) is 5.39 Å². The van der Waals surface area contributed by atoms with E-state index in [1.807, 2.05) is 51.1 Å². The van der Waals surface area contributed by atoms with Crippen LogP contribution in [-0.2, 0) is 32.9 Å². The third-order valence-corrected chi connectivity index (χ3v) is 17.7. The van der Waals surface area contributed by atoms with Crippen molar-refractivity contribution in [2.45, 2.75) is 53.3 Å². The summed E-state index contributed by atoms with van der Waals surface area (Å²) in [6, 6.07) is 13.4. The van der Waals surface area contributed by atoms with Crippen molar-refractivity contribution >= 4 is 61.7 Å². The number of ether oxygens (including phenoxy) is 1. The van der Waals surface area contributed by atoms with Gasteiger partial charge in [-0.1, -0.05) is 253 Å². The molecule has 0 N–H and O–H groups in total. The Morgan fingerprint density at radius 1 is 0.573 bits per heavy atom. The standard InChI is InChI=1S/C75H62N4OSi.Pt/c1-74(2,3)50-55-47-72(76-51-66(55)53-26-11-7-12-27-53)79-68-41-20-19-38-64(68)65-45-44-58(49-71(65)79)80-57-30-24-29-56(48-57)77-52-78(70-43-22-21-42-69(70)77)73-63(39-25-40-67(73)75(4,5)6)54-28-23-37-62(46-54)81(59-31-13-8-14-32-59,60-33-15-9-16-34-60)61-35-17-10-18-36-61;/h7-47,51H,50H2,1-6H3;/q-2;/i7D,8D,9D,10D,11D,12D,13D,14D,15D,16D,17D,18D,23D,26D,27D,28D,31D,32D,33D,34D,35D,36D,37D,46D,50D2;.